The molecule has 0 atom stereocenters. The summed E-state index contributed by atoms with van der Waals surface area (Å²) in [5.74, 6) is 1.26. The van der Waals surface area contributed by atoms with Crippen LogP contribution in [-0.2, 0) is 4.79 Å². The van der Waals surface area contributed by atoms with E-state index in [1.807, 2.05) is 34.1 Å². The van der Waals surface area contributed by atoms with Crippen molar-refractivity contribution in [3.05, 3.63) is 30.0 Å². The van der Waals surface area contributed by atoms with Gasteiger partial charge in [-0.05, 0) is 37.1 Å². The van der Waals surface area contributed by atoms with Crippen LogP contribution in [0.2, 0.25) is 0 Å². The van der Waals surface area contributed by atoms with Gasteiger partial charge < -0.3 is 19.5 Å². The SMILES string of the molecule is COc1ccc2[nH]c(C(=O)N3CCN(C(=O)C4CCCCC4)CC3)cc2c1. The molecule has 2 aromatic rings. The molecule has 4 rings (SSSR count). The summed E-state index contributed by atoms with van der Waals surface area (Å²) in [5.41, 5.74) is 1.51. The van der Waals surface area contributed by atoms with Crippen molar-refractivity contribution in [3.63, 3.8) is 0 Å². The Morgan fingerprint density at radius 2 is 1.70 bits per heavy atom. The minimum Gasteiger partial charge on any atom is -0.497 e. The molecule has 1 saturated carbocycles. The van der Waals surface area contributed by atoms with Crippen molar-refractivity contribution in [2.24, 2.45) is 5.92 Å². The van der Waals surface area contributed by atoms with E-state index in [0.29, 0.717) is 37.8 Å². The monoisotopic (exact) mass is 369 g/mol. The third-order valence-corrected chi connectivity index (χ3v) is 5.89. The number of aromatic amines is 1. The summed E-state index contributed by atoms with van der Waals surface area (Å²) in [6, 6.07) is 7.59. The van der Waals surface area contributed by atoms with Gasteiger partial charge in [0.05, 0.1) is 7.11 Å². The minimum absolute atomic E-state index is 0.00469. The molecule has 0 bridgehead atoms. The Hall–Kier alpha value is -2.50. The second kappa shape index (κ2) is 7.62. The molecule has 2 aliphatic rings. The highest BCUT2D eigenvalue weighted by molar-refractivity contribution is 5.98. The van der Waals surface area contributed by atoms with Gasteiger partial charge >= 0.3 is 0 Å². The number of nitrogens with one attached hydrogen (secondary N) is 1. The number of benzene rings is 1. The number of fused-ring (bicyclic) bond motifs is 1. The van der Waals surface area contributed by atoms with E-state index in [-0.39, 0.29) is 11.8 Å². The third-order valence-electron chi connectivity index (χ3n) is 5.89. The molecule has 1 aliphatic carbocycles. The van der Waals surface area contributed by atoms with E-state index >= 15 is 0 Å². The average molecular weight is 369 g/mol. The van der Waals surface area contributed by atoms with Gasteiger partial charge in [0.15, 0.2) is 0 Å². The van der Waals surface area contributed by atoms with Crippen LogP contribution < -0.4 is 4.74 Å². The molecule has 1 aliphatic heterocycles. The van der Waals surface area contributed by atoms with E-state index in [9.17, 15) is 9.59 Å². The van der Waals surface area contributed by atoms with Crippen LogP contribution in [-0.4, -0.2) is 59.9 Å². The number of aromatic nitrogens is 1. The third kappa shape index (κ3) is 3.66. The van der Waals surface area contributed by atoms with Crippen molar-refractivity contribution < 1.29 is 14.3 Å². The van der Waals surface area contributed by atoms with E-state index in [4.69, 9.17) is 4.74 Å². The number of nitrogens with zero attached hydrogens (tertiary/aromatic N) is 2. The number of ether oxygens (including phenoxy) is 1. The lowest BCUT2D eigenvalue weighted by atomic mass is 9.88. The molecular weight excluding hydrogens is 342 g/mol. The molecular formula is C21H27N3O3. The minimum atomic E-state index is -0.00469. The summed E-state index contributed by atoms with van der Waals surface area (Å²) in [7, 11) is 1.63. The summed E-state index contributed by atoms with van der Waals surface area (Å²) >= 11 is 0. The van der Waals surface area contributed by atoms with Gasteiger partial charge in [-0.2, -0.15) is 0 Å². The molecule has 27 heavy (non-hydrogen) atoms. The lowest BCUT2D eigenvalue weighted by molar-refractivity contribution is -0.138. The van der Waals surface area contributed by atoms with E-state index < -0.39 is 0 Å². The summed E-state index contributed by atoms with van der Waals surface area (Å²) in [4.78, 5) is 32.5. The maximum atomic E-state index is 12.9. The predicted octanol–water partition coefficient (Wildman–Crippen LogP) is 3.04. The summed E-state index contributed by atoms with van der Waals surface area (Å²) in [6.07, 6.45) is 5.63. The average Bonchev–Trinajstić information content (AvgIpc) is 3.16. The van der Waals surface area contributed by atoms with Crippen molar-refractivity contribution in [2.45, 2.75) is 32.1 Å². The van der Waals surface area contributed by atoms with Crippen molar-refractivity contribution in [2.75, 3.05) is 33.3 Å². The van der Waals surface area contributed by atoms with Crippen LogP contribution in [0.3, 0.4) is 0 Å². The Kier molecular flexibility index (Phi) is 5.05. The van der Waals surface area contributed by atoms with Gasteiger partial charge in [-0.3, -0.25) is 9.59 Å². The molecule has 2 heterocycles. The molecule has 0 unspecified atom stereocenters. The topological polar surface area (TPSA) is 65.6 Å². The first-order chi connectivity index (χ1) is 13.2. The standard InChI is InChI=1S/C21H27N3O3/c1-27-17-7-8-18-16(13-17)14-19(22-18)21(26)24-11-9-23(10-12-24)20(25)15-5-3-2-4-6-15/h7-8,13-15,22H,2-6,9-12H2,1H3. The number of amides is 2. The number of methoxy groups -OCH3 is 1. The van der Waals surface area contributed by atoms with Crippen molar-refractivity contribution >= 4 is 22.7 Å². The first-order valence-electron chi connectivity index (χ1n) is 9.90. The first kappa shape index (κ1) is 17.9. The van der Waals surface area contributed by atoms with Gasteiger partial charge in [0.1, 0.15) is 11.4 Å². The highest BCUT2D eigenvalue weighted by Gasteiger charge is 2.30. The van der Waals surface area contributed by atoms with Crippen LogP contribution in [0, 0.1) is 5.92 Å². The van der Waals surface area contributed by atoms with E-state index in [2.05, 4.69) is 4.98 Å². The molecule has 2 fully saturated rings. The van der Waals surface area contributed by atoms with Gasteiger partial charge in [0, 0.05) is 43.0 Å². The van der Waals surface area contributed by atoms with Crippen LogP contribution in [0.4, 0.5) is 0 Å². The Morgan fingerprint density at radius 3 is 2.41 bits per heavy atom. The predicted molar refractivity (Wildman–Crippen MR) is 104 cm³/mol. The maximum absolute atomic E-state index is 12.9. The fourth-order valence-electron chi connectivity index (χ4n) is 4.26. The molecule has 0 spiro atoms. The van der Waals surface area contributed by atoms with Crippen molar-refractivity contribution in [3.8, 4) is 5.75 Å². The quantitative estimate of drug-likeness (QED) is 0.904. The second-order valence-corrected chi connectivity index (χ2v) is 7.59. The molecule has 1 saturated heterocycles. The van der Waals surface area contributed by atoms with Gasteiger partial charge in [0.25, 0.3) is 5.91 Å². The van der Waals surface area contributed by atoms with E-state index in [1.54, 1.807) is 7.11 Å². The Balaban J connectivity index is 1.39. The van der Waals surface area contributed by atoms with Crippen LogP contribution >= 0.6 is 0 Å². The highest BCUT2D eigenvalue weighted by atomic mass is 16.5. The van der Waals surface area contributed by atoms with Crippen LogP contribution in [0.25, 0.3) is 10.9 Å². The summed E-state index contributed by atoms with van der Waals surface area (Å²) in [6.45, 7) is 2.45. The molecule has 6 heteroatoms. The molecule has 1 aromatic carbocycles. The fraction of sp³-hybridized carbons (Fsp3) is 0.524. The van der Waals surface area contributed by atoms with Crippen LogP contribution in [0.1, 0.15) is 42.6 Å². The second-order valence-electron chi connectivity index (χ2n) is 7.59. The number of carbonyl (C=O) groups excluding carboxylic acids is 2. The Labute approximate surface area is 159 Å². The molecule has 1 aromatic heterocycles. The molecule has 6 nitrogen and oxygen atoms in total. The number of rotatable bonds is 3. The highest BCUT2D eigenvalue weighted by Crippen LogP contribution is 2.26. The van der Waals surface area contributed by atoms with Crippen molar-refractivity contribution in [1.82, 2.24) is 14.8 Å². The summed E-state index contributed by atoms with van der Waals surface area (Å²) < 4.78 is 5.25. The normalized spacial score (nSPS) is 18.7. The number of carbonyl (C=O) groups is 2. The zero-order valence-electron chi connectivity index (χ0n) is 15.9. The Morgan fingerprint density at radius 1 is 1.00 bits per heavy atom. The van der Waals surface area contributed by atoms with E-state index in [0.717, 1.165) is 29.5 Å². The number of H-pyrrole nitrogens is 1. The van der Waals surface area contributed by atoms with E-state index in [1.165, 1.54) is 19.3 Å². The zero-order chi connectivity index (χ0) is 18.8. The fourth-order valence-corrected chi connectivity index (χ4v) is 4.26. The number of piperazine rings is 1. The smallest absolute Gasteiger partial charge is 0.270 e. The maximum Gasteiger partial charge on any atom is 0.270 e. The lowest BCUT2D eigenvalue weighted by Gasteiger charge is -2.37. The van der Waals surface area contributed by atoms with Crippen molar-refractivity contribution in [1.29, 1.82) is 0 Å². The molecule has 0 radical (unpaired) electrons. The van der Waals surface area contributed by atoms with Gasteiger partial charge in [0.2, 0.25) is 5.91 Å². The summed E-state index contributed by atoms with van der Waals surface area (Å²) in [5, 5.41) is 0.962. The van der Waals surface area contributed by atoms with Gasteiger partial charge in [-0.1, -0.05) is 19.3 Å². The number of hydrogen-bond acceptors (Lipinski definition) is 3. The number of hydrogen-bond donors (Lipinski definition) is 1. The first-order valence-corrected chi connectivity index (χ1v) is 9.90. The van der Waals surface area contributed by atoms with Gasteiger partial charge in [-0.25, -0.2) is 0 Å². The van der Waals surface area contributed by atoms with Gasteiger partial charge in [-0.15, -0.1) is 0 Å². The lowest BCUT2D eigenvalue weighted by Crippen LogP contribution is -2.52. The Bertz CT molecular complexity index is 830. The van der Waals surface area contributed by atoms with Crippen LogP contribution in [0.5, 0.6) is 5.75 Å². The zero-order valence-corrected chi connectivity index (χ0v) is 15.9. The largest absolute Gasteiger partial charge is 0.497 e. The molecule has 1 N–H and O–H groups in total. The molecule has 2 amide bonds. The van der Waals surface area contributed by atoms with Crippen LogP contribution in [0.15, 0.2) is 24.3 Å². The molecule has 144 valence electrons.